The molecular formula is C24H27N5O4. The monoisotopic (exact) mass is 449 g/mol. The second kappa shape index (κ2) is 10.1. The molecule has 9 nitrogen and oxygen atoms in total. The lowest BCUT2D eigenvalue weighted by Gasteiger charge is -2.15. The Morgan fingerprint density at radius 3 is 2.33 bits per heavy atom. The van der Waals surface area contributed by atoms with Gasteiger partial charge in [0.25, 0.3) is 5.91 Å². The third-order valence-corrected chi connectivity index (χ3v) is 5.03. The Hall–Kier alpha value is -4.01. The largest absolute Gasteiger partial charge is 0.449 e. The zero-order chi connectivity index (χ0) is 24.1. The van der Waals surface area contributed by atoms with Gasteiger partial charge >= 0.3 is 5.97 Å². The van der Waals surface area contributed by atoms with Crippen molar-refractivity contribution in [2.45, 2.75) is 40.7 Å². The average Bonchev–Trinajstić information content (AvgIpc) is 3.12. The lowest BCUT2D eigenvalue weighted by Crippen LogP contribution is -2.40. The van der Waals surface area contributed by atoms with Crippen LogP contribution in [0.2, 0.25) is 0 Å². The van der Waals surface area contributed by atoms with E-state index in [0.29, 0.717) is 11.5 Å². The molecule has 1 unspecified atom stereocenters. The molecule has 0 saturated carbocycles. The first-order valence-electron chi connectivity index (χ1n) is 10.5. The van der Waals surface area contributed by atoms with E-state index in [4.69, 9.17) is 4.74 Å². The van der Waals surface area contributed by atoms with Crippen molar-refractivity contribution in [2.75, 3.05) is 11.9 Å². The molecule has 0 saturated heterocycles. The van der Waals surface area contributed by atoms with Gasteiger partial charge in [-0.15, -0.1) is 0 Å². The number of hydrogen-bond donors (Lipinski definition) is 2. The Bertz CT molecular complexity index is 1160. The molecule has 0 radical (unpaired) electrons. The van der Waals surface area contributed by atoms with Crippen molar-refractivity contribution < 1.29 is 19.1 Å². The van der Waals surface area contributed by atoms with Crippen molar-refractivity contribution in [3.8, 4) is 5.82 Å². The first-order chi connectivity index (χ1) is 15.7. The van der Waals surface area contributed by atoms with Gasteiger partial charge in [-0.2, -0.15) is 5.10 Å². The Morgan fingerprint density at radius 1 is 1.06 bits per heavy atom. The summed E-state index contributed by atoms with van der Waals surface area (Å²) >= 11 is 0. The molecule has 0 fully saturated rings. The molecule has 0 aliphatic heterocycles. The predicted octanol–water partition coefficient (Wildman–Crippen LogP) is 2.80. The number of aromatic nitrogens is 3. The molecule has 2 N–H and O–H groups in total. The van der Waals surface area contributed by atoms with E-state index in [-0.39, 0.29) is 18.0 Å². The fourth-order valence-electron chi connectivity index (χ4n) is 3.28. The molecule has 33 heavy (non-hydrogen) atoms. The number of rotatable bonds is 7. The Balaban J connectivity index is 1.52. The summed E-state index contributed by atoms with van der Waals surface area (Å²) in [6.07, 6.45) is 0.290. The Kier molecular flexibility index (Phi) is 7.22. The highest BCUT2D eigenvalue weighted by Gasteiger charge is 2.20. The quantitative estimate of drug-likeness (QED) is 0.536. The lowest BCUT2D eigenvalue weighted by molar-refractivity contribution is -0.130. The number of ether oxygens (including phenoxy) is 1. The zero-order valence-electron chi connectivity index (χ0n) is 19.3. The van der Waals surface area contributed by atoms with Crippen molar-refractivity contribution in [1.29, 1.82) is 0 Å². The minimum Gasteiger partial charge on any atom is -0.449 e. The van der Waals surface area contributed by atoms with E-state index >= 15 is 0 Å². The van der Waals surface area contributed by atoms with Gasteiger partial charge in [-0.1, -0.05) is 18.2 Å². The molecule has 172 valence electrons. The van der Waals surface area contributed by atoms with Crippen LogP contribution >= 0.6 is 0 Å². The highest BCUT2D eigenvalue weighted by molar-refractivity contribution is 5.97. The predicted molar refractivity (Wildman–Crippen MR) is 123 cm³/mol. The number of aryl methyl sites for hydroxylation is 4. The van der Waals surface area contributed by atoms with E-state index in [1.54, 1.807) is 16.8 Å². The molecule has 3 aromatic rings. The van der Waals surface area contributed by atoms with E-state index in [2.05, 4.69) is 20.7 Å². The normalized spacial score (nSPS) is 11.5. The molecule has 0 aliphatic rings. The highest BCUT2D eigenvalue weighted by atomic mass is 16.5. The molecule has 9 heteroatoms. The summed E-state index contributed by atoms with van der Waals surface area (Å²) < 4.78 is 6.89. The summed E-state index contributed by atoms with van der Waals surface area (Å²) in [5, 5.41) is 9.62. The number of carbonyl (C=O) groups is 3. The maximum atomic E-state index is 12.4. The standard InChI is InChI=1S/C24H27N5O4/c1-14-7-6-8-15(2)22(14)27-21(30)13-26-23(31)18(5)33-24(32)19-9-10-20(25-12-19)29-17(4)11-16(3)28-29/h6-12,18H,13H2,1-5H3,(H,26,31)(H,27,30). The smallest absolute Gasteiger partial charge is 0.340 e. The summed E-state index contributed by atoms with van der Waals surface area (Å²) in [6.45, 7) is 8.77. The van der Waals surface area contributed by atoms with Gasteiger partial charge in [0.1, 0.15) is 0 Å². The van der Waals surface area contributed by atoms with Gasteiger partial charge in [-0.25, -0.2) is 14.5 Å². The van der Waals surface area contributed by atoms with Gasteiger partial charge in [0.2, 0.25) is 5.91 Å². The molecule has 1 atom stereocenters. The average molecular weight is 450 g/mol. The minimum atomic E-state index is -1.08. The molecule has 3 rings (SSSR count). The number of pyridine rings is 1. The van der Waals surface area contributed by atoms with Crippen LogP contribution in [0.15, 0.2) is 42.6 Å². The first kappa shape index (κ1) is 23.6. The number of hydrogen-bond acceptors (Lipinski definition) is 6. The number of nitrogens with zero attached hydrogens (tertiary/aromatic N) is 3. The summed E-state index contributed by atoms with van der Waals surface area (Å²) in [7, 11) is 0. The maximum absolute atomic E-state index is 12.4. The Labute approximate surface area is 192 Å². The van der Waals surface area contributed by atoms with Crippen LogP contribution in [0.25, 0.3) is 5.82 Å². The molecule has 2 aromatic heterocycles. The number of anilines is 1. The molecule has 2 heterocycles. The lowest BCUT2D eigenvalue weighted by atomic mass is 10.1. The van der Waals surface area contributed by atoms with Crippen molar-refractivity contribution in [2.24, 2.45) is 0 Å². The van der Waals surface area contributed by atoms with E-state index in [9.17, 15) is 14.4 Å². The van der Waals surface area contributed by atoms with Crippen LogP contribution in [0.5, 0.6) is 0 Å². The number of para-hydroxylation sites is 1. The number of carbonyl (C=O) groups excluding carboxylic acids is 3. The van der Waals surface area contributed by atoms with Gasteiger partial charge in [-0.3, -0.25) is 9.59 Å². The third kappa shape index (κ3) is 5.82. The summed E-state index contributed by atoms with van der Waals surface area (Å²) in [6, 6.07) is 10.8. The maximum Gasteiger partial charge on any atom is 0.340 e. The van der Waals surface area contributed by atoms with Crippen LogP contribution in [-0.4, -0.2) is 45.2 Å². The second-order valence-corrected chi connectivity index (χ2v) is 7.82. The van der Waals surface area contributed by atoms with Crippen molar-refractivity contribution in [3.63, 3.8) is 0 Å². The molecular weight excluding hydrogens is 422 g/mol. The van der Waals surface area contributed by atoms with Crippen LogP contribution in [0.4, 0.5) is 5.69 Å². The fraction of sp³-hybridized carbons (Fsp3) is 0.292. The van der Waals surface area contributed by atoms with Gasteiger partial charge in [0.05, 0.1) is 17.8 Å². The van der Waals surface area contributed by atoms with E-state index < -0.39 is 18.0 Å². The number of benzene rings is 1. The van der Waals surface area contributed by atoms with Crippen molar-refractivity contribution in [1.82, 2.24) is 20.1 Å². The number of esters is 1. The number of amides is 2. The van der Waals surface area contributed by atoms with Crippen LogP contribution in [0.1, 0.15) is 39.8 Å². The number of nitrogens with one attached hydrogen (secondary N) is 2. The SMILES string of the molecule is Cc1cc(C)n(-c2ccc(C(=O)OC(C)C(=O)NCC(=O)Nc3c(C)cccc3C)cn2)n1. The molecule has 0 bridgehead atoms. The van der Waals surface area contributed by atoms with E-state index in [1.807, 2.05) is 52.0 Å². The fourth-order valence-corrected chi connectivity index (χ4v) is 3.28. The van der Waals surface area contributed by atoms with Gasteiger partial charge in [0, 0.05) is 17.6 Å². The second-order valence-electron chi connectivity index (χ2n) is 7.82. The van der Waals surface area contributed by atoms with E-state index in [0.717, 1.165) is 22.5 Å². The van der Waals surface area contributed by atoms with E-state index in [1.165, 1.54) is 13.1 Å². The molecule has 2 amide bonds. The van der Waals surface area contributed by atoms with Crippen LogP contribution in [0.3, 0.4) is 0 Å². The van der Waals surface area contributed by atoms with Gasteiger partial charge in [-0.05, 0) is 63.9 Å². The highest BCUT2D eigenvalue weighted by Crippen LogP contribution is 2.19. The third-order valence-electron chi connectivity index (χ3n) is 5.03. The molecule has 0 aliphatic carbocycles. The van der Waals surface area contributed by atoms with Crippen LogP contribution in [-0.2, 0) is 14.3 Å². The summed E-state index contributed by atoms with van der Waals surface area (Å²) in [5.41, 5.74) is 4.55. The van der Waals surface area contributed by atoms with Gasteiger partial charge < -0.3 is 15.4 Å². The van der Waals surface area contributed by atoms with Gasteiger partial charge in [0.15, 0.2) is 11.9 Å². The van der Waals surface area contributed by atoms with Crippen LogP contribution < -0.4 is 10.6 Å². The Morgan fingerprint density at radius 2 is 1.76 bits per heavy atom. The van der Waals surface area contributed by atoms with Crippen molar-refractivity contribution >= 4 is 23.5 Å². The van der Waals surface area contributed by atoms with Crippen LogP contribution in [0, 0.1) is 27.7 Å². The first-order valence-corrected chi connectivity index (χ1v) is 10.5. The zero-order valence-corrected chi connectivity index (χ0v) is 19.3. The minimum absolute atomic E-state index is 0.202. The summed E-state index contributed by atoms with van der Waals surface area (Å²) in [4.78, 5) is 41.1. The van der Waals surface area contributed by atoms with Crippen molar-refractivity contribution in [3.05, 3.63) is 70.7 Å². The molecule has 0 spiro atoms. The topological polar surface area (TPSA) is 115 Å². The summed E-state index contributed by atoms with van der Waals surface area (Å²) in [5.74, 6) is -1.07. The molecule has 1 aromatic carbocycles.